The van der Waals surface area contributed by atoms with Crippen molar-refractivity contribution in [1.82, 2.24) is 24.5 Å². The number of piperazine rings is 1. The van der Waals surface area contributed by atoms with Gasteiger partial charge >= 0.3 is 0 Å². The highest BCUT2D eigenvalue weighted by molar-refractivity contribution is 7.89. The maximum Gasteiger partial charge on any atom is 0.246 e. The highest BCUT2D eigenvalue weighted by atomic mass is 32.2. The largest absolute Gasteiger partial charge is 0.338 e. The minimum atomic E-state index is -3.59. The number of hydrogen-bond donors (Lipinski definition) is 1. The van der Waals surface area contributed by atoms with Gasteiger partial charge in [0.1, 0.15) is 16.7 Å². The first kappa shape index (κ1) is 17.3. The molecule has 1 saturated heterocycles. The summed E-state index contributed by atoms with van der Waals surface area (Å²) < 4.78 is 27.2. The molecule has 0 aliphatic carbocycles. The van der Waals surface area contributed by atoms with Crippen molar-refractivity contribution in [3.05, 3.63) is 28.8 Å². The van der Waals surface area contributed by atoms with Crippen LogP contribution >= 0.6 is 0 Å². The standard InChI is InChI=1S/C15H19N7O2S/c1-10-8-13(9-16)18-15(17-10)21-4-6-22(7-5-21)25(23,24)14-11(2)19-20-12(14)3/h8H,4-7H2,1-3H3,(H,19,20). The van der Waals surface area contributed by atoms with Crippen LogP contribution in [0.25, 0.3) is 0 Å². The minimum Gasteiger partial charge on any atom is -0.338 e. The molecule has 9 nitrogen and oxygen atoms in total. The van der Waals surface area contributed by atoms with Crippen LogP contribution in [0.4, 0.5) is 5.95 Å². The van der Waals surface area contributed by atoms with Gasteiger partial charge in [-0.1, -0.05) is 0 Å². The Labute approximate surface area is 146 Å². The molecule has 0 saturated carbocycles. The van der Waals surface area contributed by atoms with Crippen LogP contribution in [0.3, 0.4) is 0 Å². The van der Waals surface area contributed by atoms with E-state index in [0.29, 0.717) is 54.9 Å². The van der Waals surface area contributed by atoms with Gasteiger partial charge < -0.3 is 4.90 Å². The van der Waals surface area contributed by atoms with Crippen molar-refractivity contribution in [2.45, 2.75) is 25.7 Å². The van der Waals surface area contributed by atoms with Gasteiger partial charge in [-0.15, -0.1) is 0 Å². The number of H-pyrrole nitrogens is 1. The van der Waals surface area contributed by atoms with Crippen molar-refractivity contribution in [2.24, 2.45) is 0 Å². The Kier molecular flexibility index (Phi) is 4.45. The van der Waals surface area contributed by atoms with Gasteiger partial charge in [-0.2, -0.15) is 14.7 Å². The van der Waals surface area contributed by atoms with Gasteiger partial charge in [0, 0.05) is 31.9 Å². The summed E-state index contributed by atoms with van der Waals surface area (Å²) in [5.41, 5.74) is 2.03. The number of aryl methyl sites for hydroxylation is 3. The molecule has 10 heteroatoms. The first-order chi connectivity index (χ1) is 11.8. The highest BCUT2D eigenvalue weighted by Gasteiger charge is 2.32. The van der Waals surface area contributed by atoms with E-state index in [0.717, 1.165) is 0 Å². The van der Waals surface area contributed by atoms with E-state index in [9.17, 15) is 8.42 Å². The molecule has 25 heavy (non-hydrogen) atoms. The number of anilines is 1. The van der Waals surface area contributed by atoms with Gasteiger partial charge in [-0.3, -0.25) is 5.10 Å². The van der Waals surface area contributed by atoms with E-state index in [1.54, 1.807) is 26.8 Å². The van der Waals surface area contributed by atoms with Crippen LogP contribution in [0.15, 0.2) is 11.0 Å². The molecule has 0 bridgehead atoms. The van der Waals surface area contributed by atoms with Gasteiger partial charge in [-0.25, -0.2) is 18.4 Å². The molecule has 1 aliphatic heterocycles. The van der Waals surface area contributed by atoms with E-state index >= 15 is 0 Å². The first-order valence-electron chi connectivity index (χ1n) is 7.85. The minimum absolute atomic E-state index is 0.250. The zero-order chi connectivity index (χ0) is 18.2. The van der Waals surface area contributed by atoms with Crippen molar-refractivity contribution in [2.75, 3.05) is 31.1 Å². The van der Waals surface area contributed by atoms with E-state index in [1.807, 2.05) is 11.0 Å². The molecule has 0 aromatic carbocycles. The highest BCUT2D eigenvalue weighted by Crippen LogP contribution is 2.23. The van der Waals surface area contributed by atoms with E-state index in [-0.39, 0.29) is 4.90 Å². The lowest BCUT2D eigenvalue weighted by atomic mass is 10.3. The number of rotatable bonds is 3. The summed E-state index contributed by atoms with van der Waals surface area (Å²) in [6.07, 6.45) is 0. The fraction of sp³-hybridized carbons (Fsp3) is 0.467. The van der Waals surface area contributed by atoms with Crippen molar-refractivity contribution < 1.29 is 8.42 Å². The maximum atomic E-state index is 12.9. The molecule has 0 amide bonds. The Morgan fingerprint density at radius 1 is 1.16 bits per heavy atom. The third kappa shape index (κ3) is 3.20. The number of nitrogens with zero attached hydrogens (tertiary/aromatic N) is 6. The Hall–Kier alpha value is -2.51. The van der Waals surface area contributed by atoms with E-state index in [2.05, 4.69) is 20.2 Å². The van der Waals surface area contributed by atoms with Crippen molar-refractivity contribution in [3.63, 3.8) is 0 Å². The Balaban J connectivity index is 1.78. The van der Waals surface area contributed by atoms with Crippen molar-refractivity contribution >= 4 is 16.0 Å². The molecule has 2 aromatic heterocycles. The summed E-state index contributed by atoms with van der Waals surface area (Å²) in [7, 11) is -3.59. The topological polar surface area (TPSA) is 119 Å². The molecular formula is C15H19N7O2S. The van der Waals surface area contributed by atoms with Crippen LogP contribution in [0, 0.1) is 32.1 Å². The third-order valence-electron chi connectivity index (χ3n) is 4.14. The van der Waals surface area contributed by atoms with Gasteiger partial charge in [0.25, 0.3) is 0 Å². The lowest BCUT2D eigenvalue weighted by molar-refractivity contribution is 0.382. The second kappa shape index (κ2) is 6.42. The second-order valence-corrected chi connectivity index (χ2v) is 7.84. The summed E-state index contributed by atoms with van der Waals surface area (Å²) in [4.78, 5) is 10.7. The fourth-order valence-electron chi connectivity index (χ4n) is 2.93. The summed E-state index contributed by atoms with van der Waals surface area (Å²) in [5, 5.41) is 15.7. The lowest BCUT2D eigenvalue weighted by Crippen LogP contribution is -2.49. The number of sulfonamides is 1. The first-order valence-corrected chi connectivity index (χ1v) is 9.29. The number of aromatic amines is 1. The SMILES string of the molecule is Cc1cc(C#N)nc(N2CCN(S(=O)(=O)c3c(C)n[nH]c3C)CC2)n1. The number of nitrogens with one attached hydrogen (secondary N) is 1. The number of nitriles is 1. The van der Waals surface area contributed by atoms with E-state index in [4.69, 9.17) is 5.26 Å². The summed E-state index contributed by atoms with van der Waals surface area (Å²) in [6, 6.07) is 3.64. The van der Waals surface area contributed by atoms with Crippen LogP contribution in [-0.2, 0) is 10.0 Å². The van der Waals surface area contributed by atoms with Crippen LogP contribution in [-0.4, -0.2) is 59.1 Å². The van der Waals surface area contributed by atoms with Crippen molar-refractivity contribution in [1.29, 1.82) is 5.26 Å². The molecule has 3 rings (SSSR count). The molecular weight excluding hydrogens is 342 g/mol. The number of hydrogen-bond acceptors (Lipinski definition) is 7. The predicted octanol–water partition coefficient (Wildman–Crippen LogP) is 0.508. The summed E-state index contributed by atoms with van der Waals surface area (Å²) in [6.45, 7) is 6.76. The molecule has 2 aromatic rings. The molecule has 0 unspecified atom stereocenters. The van der Waals surface area contributed by atoms with Gasteiger partial charge in [-0.05, 0) is 26.8 Å². The van der Waals surface area contributed by atoms with Crippen LogP contribution in [0.5, 0.6) is 0 Å². The predicted molar refractivity (Wildman–Crippen MR) is 90.5 cm³/mol. The lowest BCUT2D eigenvalue weighted by Gasteiger charge is -2.34. The molecule has 1 aliphatic rings. The normalized spacial score (nSPS) is 16.0. The average Bonchev–Trinajstić information content (AvgIpc) is 2.93. The van der Waals surface area contributed by atoms with Gasteiger partial charge in [0.15, 0.2) is 0 Å². The van der Waals surface area contributed by atoms with Crippen LogP contribution in [0.1, 0.15) is 22.8 Å². The fourth-order valence-corrected chi connectivity index (χ4v) is 4.68. The maximum absolute atomic E-state index is 12.9. The quantitative estimate of drug-likeness (QED) is 0.846. The van der Waals surface area contributed by atoms with Crippen molar-refractivity contribution in [3.8, 4) is 6.07 Å². The Bertz CT molecular complexity index is 918. The monoisotopic (exact) mass is 361 g/mol. The summed E-state index contributed by atoms with van der Waals surface area (Å²) >= 11 is 0. The van der Waals surface area contributed by atoms with Gasteiger partial charge in [0.2, 0.25) is 16.0 Å². The molecule has 1 fully saturated rings. The molecule has 132 valence electrons. The molecule has 0 atom stereocenters. The second-order valence-electron chi connectivity index (χ2n) is 5.96. The van der Waals surface area contributed by atoms with Gasteiger partial charge in [0.05, 0.1) is 11.4 Å². The average molecular weight is 361 g/mol. The number of aromatic nitrogens is 4. The zero-order valence-electron chi connectivity index (χ0n) is 14.3. The smallest absolute Gasteiger partial charge is 0.246 e. The summed E-state index contributed by atoms with van der Waals surface area (Å²) in [5.74, 6) is 0.462. The molecule has 0 radical (unpaired) electrons. The van der Waals surface area contributed by atoms with Crippen LogP contribution in [0.2, 0.25) is 0 Å². The third-order valence-corrected chi connectivity index (χ3v) is 6.30. The molecule has 0 spiro atoms. The Morgan fingerprint density at radius 3 is 2.40 bits per heavy atom. The van der Waals surface area contributed by atoms with E-state index < -0.39 is 10.0 Å². The Morgan fingerprint density at radius 2 is 1.84 bits per heavy atom. The van der Waals surface area contributed by atoms with Crippen LogP contribution < -0.4 is 4.90 Å². The molecule has 3 heterocycles. The molecule has 1 N–H and O–H groups in total. The van der Waals surface area contributed by atoms with E-state index in [1.165, 1.54) is 4.31 Å². The zero-order valence-corrected chi connectivity index (χ0v) is 15.1.